The van der Waals surface area contributed by atoms with Crippen LogP contribution in [0, 0.1) is 0 Å². The number of rotatable bonds is 4. The SMILES string of the molecule is O=C(CS(=O)Cc1cc(Cl)c2c(c1)OCCCO2)N1CCCc2ccccc21. The second-order valence-corrected chi connectivity index (χ2v) is 8.83. The van der Waals surface area contributed by atoms with Gasteiger partial charge in [0.15, 0.2) is 11.5 Å². The van der Waals surface area contributed by atoms with Gasteiger partial charge in [-0.1, -0.05) is 29.8 Å². The molecule has 5 nitrogen and oxygen atoms in total. The molecule has 1 unspecified atom stereocenters. The molecule has 0 aromatic heterocycles. The summed E-state index contributed by atoms with van der Waals surface area (Å²) < 4.78 is 24.0. The molecular weight excluding hydrogens is 398 g/mol. The number of hydrogen-bond acceptors (Lipinski definition) is 4. The monoisotopic (exact) mass is 419 g/mol. The van der Waals surface area contributed by atoms with E-state index in [2.05, 4.69) is 0 Å². The van der Waals surface area contributed by atoms with Gasteiger partial charge in [-0.05, 0) is 42.2 Å². The lowest BCUT2D eigenvalue weighted by Crippen LogP contribution is -2.38. The number of hydrogen-bond donors (Lipinski definition) is 0. The first-order valence-electron chi connectivity index (χ1n) is 9.43. The van der Waals surface area contributed by atoms with Crippen LogP contribution in [0.4, 0.5) is 5.69 Å². The van der Waals surface area contributed by atoms with Crippen LogP contribution in [0.25, 0.3) is 0 Å². The number of ether oxygens (including phenoxy) is 2. The summed E-state index contributed by atoms with van der Waals surface area (Å²) in [4.78, 5) is 14.5. The number of carbonyl (C=O) groups is 1. The highest BCUT2D eigenvalue weighted by molar-refractivity contribution is 7.84. The number of anilines is 1. The van der Waals surface area contributed by atoms with Gasteiger partial charge in [0.05, 0.1) is 18.2 Å². The second-order valence-electron chi connectivity index (χ2n) is 6.96. The summed E-state index contributed by atoms with van der Waals surface area (Å²) in [7, 11) is -1.34. The number of aryl methyl sites for hydroxylation is 1. The smallest absolute Gasteiger partial charge is 0.239 e. The second kappa shape index (κ2) is 8.53. The molecule has 2 aromatic rings. The Kier molecular flexibility index (Phi) is 5.87. The minimum absolute atomic E-state index is 0.0135. The minimum atomic E-state index is -1.34. The van der Waals surface area contributed by atoms with Crippen LogP contribution in [0.2, 0.25) is 5.02 Å². The molecule has 0 saturated carbocycles. The summed E-state index contributed by atoms with van der Waals surface area (Å²) >= 11 is 6.31. The zero-order chi connectivity index (χ0) is 19.5. The predicted octanol–water partition coefficient (Wildman–Crippen LogP) is 3.73. The van der Waals surface area contributed by atoms with Crippen molar-refractivity contribution in [2.24, 2.45) is 0 Å². The predicted molar refractivity (Wildman–Crippen MR) is 111 cm³/mol. The van der Waals surface area contributed by atoms with Gasteiger partial charge in [-0.15, -0.1) is 0 Å². The van der Waals surface area contributed by atoms with Crippen molar-refractivity contribution in [1.29, 1.82) is 0 Å². The molecule has 0 aliphatic carbocycles. The van der Waals surface area contributed by atoms with Gasteiger partial charge >= 0.3 is 0 Å². The Balaban J connectivity index is 1.45. The third-order valence-corrected chi connectivity index (χ3v) is 6.39. The van der Waals surface area contributed by atoms with Gasteiger partial charge in [0.2, 0.25) is 5.91 Å². The van der Waals surface area contributed by atoms with Crippen LogP contribution < -0.4 is 14.4 Å². The molecule has 4 rings (SSSR count). The first-order chi connectivity index (χ1) is 13.6. The van der Waals surface area contributed by atoms with Crippen LogP contribution in [0.1, 0.15) is 24.0 Å². The maximum Gasteiger partial charge on any atom is 0.239 e. The van der Waals surface area contributed by atoms with Crippen molar-refractivity contribution in [2.45, 2.75) is 25.0 Å². The van der Waals surface area contributed by atoms with E-state index in [-0.39, 0.29) is 17.4 Å². The Labute approximate surface area is 172 Å². The van der Waals surface area contributed by atoms with E-state index in [0.29, 0.717) is 36.3 Å². The standard InChI is InChI=1S/C21H22ClNO4S/c22-17-11-15(12-19-21(17)27-10-4-9-26-19)13-28(25)14-20(24)23-8-3-6-16-5-1-2-7-18(16)23/h1-2,5,7,11-12H,3-4,6,8-10,13-14H2. The summed E-state index contributed by atoms with van der Waals surface area (Å²) in [6, 6.07) is 11.5. The molecule has 148 valence electrons. The first-order valence-corrected chi connectivity index (χ1v) is 11.3. The van der Waals surface area contributed by atoms with Gasteiger partial charge in [-0.2, -0.15) is 0 Å². The molecule has 2 aliphatic heterocycles. The normalized spacial score (nSPS) is 16.8. The van der Waals surface area contributed by atoms with Crippen molar-refractivity contribution in [3.8, 4) is 11.5 Å². The lowest BCUT2D eigenvalue weighted by atomic mass is 10.0. The third-order valence-electron chi connectivity index (χ3n) is 4.89. The Morgan fingerprint density at radius 2 is 1.96 bits per heavy atom. The number of amides is 1. The summed E-state index contributed by atoms with van der Waals surface area (Å²) in [5, 5.41) is 0.447. The van der Waals surface area contributed by atoms with Gasteiger partial charge in [-0.25, -0.2) is 0 Å². The van der Waals surface area contributed by atoms with Crippen molar-refractivity contribution >= 4 is 34.0 Å². The fraction of sp³-hybridized carbons (Fsp3) is 0.381. The Morgan fingerprint density at radius 3 is 2.86 bits per heavy atom. The molecule has 0 fully saturated rings. The average Bonchev–Trinajstić information content (AvgIpc) is 2.93. The van der Waals surface area contributed by atoms with Gasteiger partial charge < -0.3 is 14.4 Å². The molecule has 7 heteroatoms. The molecule has 0 spiro atoms. The van der Waals surface area contributed by atoms with Crippen LogP contribution in [0.15, 0.2) is 36.4 Å². The fourth-order valence-electron chi connectivity index (χ4n) is 3.61. The topological polar surface area (TPSA) is 55.8 Å². The van der Waals surface area contributed by atoms with Crippen molar-refractivity contribution in [2.75, 3.05) is 30.4 Å². The number of benzene rings is 2. The molecule has 2 aliphatic rings. The van der Waals surface area contributed by atoms with E-state index in [1.54, 1.807) is 11.0 Å². The third kappa shape index (κ3) is 4.18. The fourth-order valence-corrected chi connectivity index (χ4v) is 4.97. The number of fused-ring (bicyclic) bond motifs is 2. The van der Waals surface area contributed by atoms with E-state index in [0.717, 1.165) is 30.5 Å². The zero-order valence-electron chi connectivity index (χ0n) is 15.5. The highest BCUT2D eigenvalue weighted by atomic mass is 35.5. The van der Waals surface area contributed by atoms with Crippen LogP contribution in [0.5, 0.6) is 11.5 Å². The number of nitrogens with zero attached hydrogens (tertiary/aromatic N) is 1. The van der Waals surface area contributed by atoms with Gasteiger partial charge in [0.25, 0.3) is 0 Å². The van der Waals surface area contributed by atoms with Gasteiger partial charge in [-0.3, -0.25) is 9.00 Å². The molecule has 0 saturated heterocycles. The van der Waals surface area contributed by atoms with Crippen LogP contribution in [0.3, 0.4) is 0 Å². The minimum Gasteiger partial charge on any atom is -0.489 e. The number of halogens is 1. The summed E-state index contributed by atoms with van der Waals surface area (Å²) in [6.07, 6.45) is 2.68. The molecule has 2 heterocycles. The molecule has 0 bridgehead atoms. The van der Waals surface area contributed by atoms with E-state index >= 15 is 0 Å². The van der Waals surface area contributed by atoms with Crippen molar-refractivity contribution in [3.63, 3.8) is 0 Å². The summed E-state index contributed by atoms with van der Waals surface area (Å²) in [6.45, 7) is 1.79. The van der Waals surface area contributed by atoms with E-state index in [1.807, 2.05) is 30.3 Å². The lowest BCUT2D eigenvalue weighted by molar-refractivity contribution is -0.116. The van der Waals surface area contributed by atoms with Gasteiger partial charge in [0, 0.05) is 35.2 Å². The quantitative estimate of drug-likeness (QED) is 0.757. The van der Waals surface area contributed by atoms with E-state index < -0.39 is 10.8 Å². The Morgan fingerprint density at radius 1 is 1.14 bits per heavy atom. The molecule has 28 heavy (non-hydrogen) atoms. The Hall–Kier alpha value is -2.05. The largest absolute Gasteiger partial charge is 0.489 e. The summed E-state index contributed by atoms with van der Waals surface area (Å²) in [5.74, 6) is 1.24. The highest BCUT2D eigenvalue weighted by Gasteiger charge is 2.24. The Bertz CT molecular complexity index is 917. The zero-order valence-corrected chi connectivity index (χ0v) is 17.1. The lowest BCUT2D eigenvalue weighted by Gasteiger charge is -2.29. The van der Waals surface area contributed by atoms with Crippen LogP contribution >= 0.6 is 11.6 Å². The first kappa shape index (κ1) is 19.3. The number of para-hydroxylation sites is 1. The van der Waals surface area contributed by atoms with Crippen molar-refractivity contribution in [3.05, 3.63) is 52.5 Å². The molecule has 0 N–H and O–H groups in total. The average molecular weight is 420 g/mol. The molecule has 1 amide bonds. The maximum atomic E-state index is 12.8. The van der Waals surface area contributed by atoms with E-state index in [1.165, 1.54) is 5.56 Å². The molecule has 0 radical (unpaired) electrons. The molecule has 2 aromatic carbocycles. The molecule has 1 atom stereocenters. The van der Waals surface area contributed by atoms with Crippen molar-refractivity contribution < 1.29 is 18.5 Å². The number of carbonyl (C=O) groups excluding carboxylic acids is 1. The van der Waals surface area contributed by atoms with E-state index in [4.69, 9.17) is 21.1 Å². The van der Waals surface area contributed by atoms with Crippen molar-refractivity contribution in [1.82, 2.24) is 0 Å². The van der Waals surface area contributed by atoms with Crippen LogP contribution in [-0.4, -0.2) is 35.6 Å². The highest BCUT2D eigenvalue weighted by Crippen LogP contribution is 2.38. The maximum absolute atomic E-state index is 12.8. The molecular formula is C21H22ClNO4S. The van der Waals surface area contributed by atoms with E-state index in [9.17, 15) is 9.00 Å². The van der Waals surface area contributed by atoms with Crippen LogP contribution in [-0.2, 0) is 27.8 Å². The van der Waals surface area contributed by atoms with Gasteiger partial charge in [0.1, 0.15) is 5.75 Å². The summed E-state index contributed by atoms with van der Waals surface area (Å²) in [5.41, 5.74) is 2.89.